The summed E-state index contributed by atoms with van der Waals surface area (Å²) in [4.78, 5) is 40.9. The third-order valence-corrected chi connectivity index (χ3v) is 13.0. The van der Waals surface area contributed by atoms with Gasteiger partial charge in [-0.3, -0.25) is 0 Å². The lowest BCUT2D eigenvalue weighted by Crippen LogP contribution is -2.06. The molecule has 9 nitrogen and oxygen atoms in total. The average Bonchev–Trinajstić information content (AvgIpc) is 3.65. The number of fused-ring (bicyclic) bond motifs is 12. The van der Waals surface area contributed by atoms with Crippen LogP contribution in [-0.4, -0.2) is 57.5 Å². The van der Waals surface area contributed by atoms with E-state index in [1.807, 2.05) is 93.6 Å². The van der Waals surface area contributed by atoms with Crippen molar-refractivity contribution in [2.45, 2.75) is 119 Å². The maximum atomic E-state index is 13.6. The van der Waals surface area contributed by atoms with Crippen molar-refractivity contribution in [1.82, 2.24) is 0 Å². The van der Waals surface area contributed by atoms with E-state index in [4.69, 9.17) is 28.4 Å². The van der Waals surface area contributed by atoms with Gasteiger partial charge < -0.3 is 28.4 Å². The number of ether oxygens (including phenoxy) is 6. The second-order valence-electron chi connectivity index (χ2n) is 20.0. The molecule has 9 heteroatoms. The predicted molar refractivity (Wildman–Crippen MR) is 334 cm³/mol. The van der Waals surface area contributed by atoms with Gasteiger partial charge in [-0.25, -0.2) is 14.4 Å². The van der Waals surface area contributed by atoms with E-state index >= 15 is 0 Å². The summed E-state index contributed by atoms with van der Waals surface area (Å²) in [6.07, 6.45) is 9.90. The van der Waals surface area contributed by atoms with Gasteiger partial charge in [0.15, 0.2) is 17.2 Å². The van der Waals surface area contributed by atoms with E-state index in [1.54, 1.807) is 36.4 Å². The molecule has 0 atom stereocenters. The van der Waals surface area contributed by atoms with E-state index in [0.29, 0.717) is 118 Å². The van der Waals surface area contributed by atoms with E-state index in [2.05, 4.69) is 93.6 Å². The first-order chi connectivity index (χ1) is 41.1. The van der Waals surface area contributed by atoms with Crippen molar-refractivity contribution in [3.8, 4) is 17.2 Å². The van der Waals surface area contributed by atoms with Gasteiger partial charge in [0, 0.05) is 32.3 Å². The fourth-order valence-electron chi connectivity index (χ4n) is 8.31. The molecule has 0 aliphatic carbocycles. The molecule has 0 unspecified atom stereocenters. The minimum atomic E-state index is -0.482. The minimum absolute atomic E-state index is 0.276. The molecule has 0 amide bonds. The Morgan fingerprint density at radius 1 is 0.286 bits per heavy atom. The molecule has 0 aliphatic heterocycles. The highest BCUT2D eigenvalue weighted by atomic mass is 16.5. The number of benzene rings is 6. The number of esters is 3. The van der Waals surface area contributed by atoms with Crippen molar-refractivity contribution in [2.75, 3.05) is 39.6 Å². The number of carbonyl (C=O) groups excluding carboxylic acids is 3. The normalized spacial score (nSPS) is 10.2. The summed E-state index contributed by atoms with van der Waals surface area (Å²) in [5.41, 5.74) is 0.920. The zero-order valence-corrected chi connectivity index (χ0v) is 49.3. The monoisotopic (exact) mass is 1120 g/mol. The summed E-state index contributed by atoms with van der Waals surface area (Å²) in [5.74, 6) is 0.0683. The molecule has 7 aromatic carbocycles. The molecule has 0 aliphatic rings. The van der Waals surface area contributed by atoms with Crippen LogP contribution in [0.1, 0.15) is 150 Å². The average molecular weight is 1120 g/mol. The Labute approximate surface area is 497 Å². The molecule has 0 spiro atoms. The number of unbranched alkanes of at least 4 members (excludes halogenated alkanes) is 6. The smallest absolute Gasteiger partial charge is 0.338 e. The first kappa shape index (κ1) is 62.1. The molecule has 7 rings (SSSR count). The summed E-state index contributed by atoms with van der Waals surface area (Å²) in [7, 11) is 0. The Hall–Kier alpha value is -9.51. The number of hydrogen-bond donors (Lipinski definition) is 0. The van der Waals surface area contributed by atoms with Crippen molar-refractivity contribution < 1.29 is 42.8 Å². The summed E-state index contributed by atoms with van der Waals surface area (Å²) in [6.45, 7) is 14.5. The van der Waals surface area contributed by atoms with Gasteiger partial charge in [0.2, 0.25) is 0 Å². The highest BCUT2D eigenvalue weighted by molar-refractivity contribution is 5.95. The number of carbonyl (C=O) groups is 3. The zero-order valence-electron chi connectivity index (χ0n) is 49.3. The molecule has 0 N–H and O–H groups in total. The summed E-state index contributed by atoms with van der Waals surface area (Å²) >= 11 is 0. The van der Waals surface area contributed by atoms with Crippen molar-refractivity contribution in [3.63, 3.8) is 0 Å². The SMILES string of the molecule is CCCCOC(=O)c1cc2c#cc3cccc(c#cc4cc(C(=O)OCCCC)cc(c#cc5cccc(c#cc6cc(C(=O)OCCCC)cc(c#cc7cccc(c#cc(c1)c2)c7OCCCC)c6)c5OCCCC)c4)c3OCCCC. The Kier molecular flexibility index (Phi) is 24.7. The van der Waals surface area contributed by atoms with Gasteiger partial charge in [-0.1, -0.05) is 171 Å². The fraction of sp³-hybridized carbons (Fsp3) is 0.320. The van der Waals surface area contributed by atoms with Crippen LogP contribution in [0, 0.1) is 72.8 Å². The van der Waals surface area contributed by atoms with Crippen LogP contribution in [-0.2, 0) is 14.2 Å². The van der Waals surface area contributed by atoms with Crippen LogP contribution in [0.4, 0.5) is 0 Å². The summed E-state index contributed by atoms with van der Waals surface area (Å²) in [6, 6.07) is 72.4. The highest BCUT2D eigenvalue weighted by Crippen LogP contribution is 2.27. The zero-order chi connectivity index (χ0) is 59.3. The molecule has 84 heavy (non-hydrogen) atoms. The van der Waals surface area contributed by atoms with Crippen LogP contribution in [0.15, 0.2) is 109 Å². The van der Waals surface area contributed by atoms with Gasteiger partial charge in [-0.15, -0.1) is 0 Å². The summed E-state index contributed by atoms with van der Waals surface area (Å²) in [5, 5.41) is 6.71. The largest absolute Gasteiger partial charge is 0.491 e. The molecular formula is C75H72O9. The molecule has 426 valence electrons. The van der Waals surface area contributed by atoms with Crippen molar-refractivity contribution >= 4 is 82.5 Å². The number of hydrogen-bond acceptors (Lipinski definition) is 9. The Morgan fingerprint density at radius 2 is 0.488 bits per heavy atom. The molecular weight excluding hydrogens is 1040 g/mol. The Balaban J connectivity index is 1.59. The van der Waals surface area contributed by atoms with Gasteiger partial charge in [0.1, 0.15) is 0 Å². The highest BCUT2D eigenvalue weighted by Gasteiger charge is 2.12. The first-order valence-corrected chi connectivity index (χ1v) is 29.5. The van der Waals surface area contributed by atoms with Crippen molar-refractivity contribution in [1.29, 1.82) is 0 Å². The van der Waals surface area contributed by atoms with Crippen LogP contribution < -0.4 is 14.2 Å². The van der Waals surface area contributed by atoms with Crippen LogP contribution >= 0.6 is 0 Å². The summed E-state index contributed by atoms with van der Waals surface area (Å²) < 4.78 is 36.5. The van der Waals surface area contributed by atoms with Gasteiger partial charge in [0.05, 0.1) is 88.6 Å². The molecule has 0 fully saturated rings. The first-order valence-electron chi connectivity index (χ1n) is 29.5. The quantitative estimate of drug-likeness (QED) is 0.0332. The minimum Gasteiger partial charge on any atom is -0.491 e. The standard InChI is InChI=1S/C75H72O9/c1-7-13-40-79-70-61-22-19-23-62(70)35-29-56-47-58(52-68(50-56)74(77)83-44-17-11-5)31-37-64-25-21-27-66(72(64)81-42-15-9-3)39-33-60-48-59(53-69(54-60)75(78)84-45-18-12-6)32-38-65-26-20-24-63(71(65)80-41-14-8-2)36-30-57-46-55(28-34-61)49-67(51-57)73(76)82-43-16-10-4/h19-27,46-54H,7-18,40-45H2,1-6H3. The van der Waals surface area contributed by atoms with Crippen molar-refractivity contribution in [3.05, 3.63) is 199 Å². The number of para-hydroxylation sites is 3. The van der Waals surface area contributed by atoms with Crippen LogP contribution in [0.25, 0.3) is 64.6 Å². The maximum Gasteiger partial charge on any atom is 0.338 e. The molecule has 0 aromatic heterocycles. The van der Waals surface area contributed by atoms with E-state index < -0.39 is 17.9 Å². The number of rotatable bonds is 24. The van der Waals surface area contributed by atoms with E-state index in [-0.39, 0.29) is 19.8 Å². The van der Waals surface area contributed by atoms with Gasteiger partial charge in [-0.05, 0) is 130 Å². The third kappa shape index (κ3) is 18.8. The molecule has 12 bridgehead atoms. The lowest BCUT2D eigenvalue weighted by Gasteiger charge is -2.06. The second kappa shape index (κ2) is 33.4. The van der Waals surface area contributed by atoms with Crippen LogP contribution in [0.2, 0.25) is 0 Å². The van der Waals surface area contributed by atoms with Crippen LogP contribution in [0.5, 0.6) is 17.2 Å². The topological polar surface area (TPSA) is 107 Å². The van der Waals surface area contributed by atoms with E-state index in [0.717, 1.165) is 77.0 Å². The van der Waals surface area contributed by atoms with Crippen LogP contribution in [0.3, 0.4) is 0 Å². The third-order valence-electron chi connectivity index (χ3n) is 13.0. The lowest BCUT2D eigenvalue weighted by molar-refractivity contribution is 0.0490. The maximum absolute atomic E-state index is 13.6. The fourth-order valence-corrected chi connectivity index (χ4v) is 8.31. The second-order valence-corrected chi connectivity index (χ2v) is 20.0. The Morgan fingerprint density at radius 3 is 0.690 bits per heavy atom. The predicted octanol–water partition coefficient (Wildman–Crippen LogP) is 17.7. The van der Waals surface area contributed by atoms with Gasteiger partial charge >= 0.3 is 17.9 Å². The molecule has 0 saturated carbocycles. The molecule has 0 radical (unpaired) electrons. The van der Waals surface area contributed by atoms with E-state index in [1.165, 1.54) is 0 Å². The van der Waals surface area contributed by atoms with Crippen molar-refractivity contribution in [2.24, 2.45) is 0 Å². The van der Waals surface area contributed by atoms with Gasteiger partial charge in [0.25, 0.3) is 0 Å². The molecule has 0 heterocycles. The van der Waals surface area contributed by atoms with E-state index in [9.17, 15) is 14.4 Å². The molecule has 7 aromatic rings. The van der Waals surface area contributed by atoms with Gasteiger partial charge in [-0.2, -0.15) is 0 Å². The lowest BCUT2D eigenvalue weighted by atomic mass is 10.1. The Bertz CT molecular complexity index is 3140. The molecule has 0 saturated heterocycles.